The van der Waals surface area contributed by atoms with Crippen LogP contribution in [0.1, 0.15) is 39.2 Å². The second-order valence-electron chi connectivity index (χ2n) is 8.31. The van der Waals surface area contributed by atoms with E-state index in [0.717, 1.165) is 12.0 Å². The number of amides is 4. The highest BCUT2D eigenvalue weighted by Gasteiger charge is 2.52. The number of hydrogen-bond acceptors (Lipinski definition) is 4. The van der Waals surface area contributed by atoms with Crippen LogP contribution in [0.15, 0.2) is 71.3 Å². The molecule has 7 heteroatoms. The van der Waals surface area contributed by atoms with Crippen molar-refractivity contribution in [2.45, 2.75) is 37.9 Å². The molecule has 1 aliphatic carbocycles. The van der Waals surface area contributed by atoms with Gasteiger partial charge in [-0.3, -0.25) is 14.5 Å². The number of nitrogens with zero attached hydrogens (tertiary/aromatic N) is 1. The maximum Gasteiger partial charge on any atom is 0.325 e. The number of rotatable bonds is 5. The third kappa shape index (κ3) is 3.66. The first-order valence-corrected chi connectivity index (χ1v) is 10.6. The molecule has 162 valence electrons. The molecule has 1 unspecified atom stereocenters. The van der Waals surface area contributed by atoms with Gasteiger partial charge in [-0.15, -0.1) is 0 Å². The van der Waals surface area contributed by atoms with Crippen molar-refractivity contribution in [3.63, 3.8) is 0 Å². The van der Waals surface area contributed by atoms with Crippen LogP contribution in [0.25, 0.3) is 0 Å². The summed E-state index contributed by atoms with van der Waals surface area (Å²) in [6, 6.07) is 18.2. The monoisotopic (exact) mass is 429 g/mol. The summed E-state index contributed by atoms with van der Waals surface area (Å²) in [4.78, 5) is 39.8. The van der Waals surface area contributed by atoms with Crippen LogP contribution in [0.2, 0.25) is 0 Å². The second-order valence-corrected chi connectivity index (χ2v) is 8.31. The minimum atomic E-state index is -0.885. The molecule has 2 aromatic carbocycles. The molecule has 2 heterocycles. The number of hydrogen-bond donors (Lipinski definition) is 2. The maximum absolute atomic E-state index is 13.3. The van der Waals surface area contributed by atoms with Crippen LogP contribution in [0.4, 0.5) is 4.79 Å². The topological polar surface area (TPSA) is 91.7 Å². The summed E-state index contributed by atoms with van der Waals surface area (Å²) in [5.74, 6) is 0.207. The highest BCUT2D eigenvalue weighted by molar-refractivity contribution is 6.07. The van der Waals surface area contributed by atoms with Crippen molar-refractivity contribution >= 4 is 17.8 Å². The number of carbonyl (C=O) groups is 3. The zero-order valence-corrected chi connectivity index (χ0v) is 17.5. The molecule has 1 fully saturated rings. The molecule has 2 aliphatic rings. The Bertz CT molecular complexity index is 1190. The zero-order chi connectivity index (χ0) is 22.1. The smallest absolute Gasteiger partial charge is 0.325 e. The Labute approximate surface area is 185 Å². The lowest BCUT2D eigenvalue weighted by Gasteiger charge is -2.32. The highest BCUT2D eigenvalue weighted by Crippen LogP contribution is 2.34. The van der Waals surface area contributed by atoms with Crippen LogP contribution in [0, 0.1) is 0 Å². The standard InChI is InChI=1S/C25H23N3O4/c29-22(26-15-21-9-4-12-32-21)19-8-3-5-17(13-19)16-28-23(30)25(27-24(28)31)11-10-18-6-1-2-7-20(18)14-25/h1-9,12-13H,10-11,14-16H2,(H,26,29)(H,27,31). The van der Waals surface area contributed by atoms with E-state index in [9.17, 15) is 14.4 Å². The molecule has 32 heavy (non-hydrogen) atoms. The molecule has 0 saturated carbocycles. The number of nitrogens with one attached hydrogen (secondary N) is 2. The fraction of sp³-hybridized carbons (Fsp3) is 0.240. The Balaban J connectivity index is 1.29. The lowest BCUT2D eigenvalue weighted by Crippen LogP contribution is -2.51. The first-order chi connectivity index (χ1) is 15.5. The predicted octanol–water partition coefficient (Wildman–Crippen LogP) is 3.19. The Morgan fingerprint density at radius 3 is 2.72 bits per heavy atom. The summed E-state index contributed by atoms with van der Waals surface area (Å²) < 4.78 is 5.23. The molecular formula is C25H23N3O4. The van der Waals surface area contributed by atoms with Crippen LogP contribution < -0.4 is 10.6 Å². The average molecular weight is 429 g/mol. The summed E-state index contributed by atoms with van der Waals surface area (Å²) in [5, 5.41) is 5.75. The maximum atomic E-state index is 13.3. The van der Waals surface area contributed by atoms with Crippen molar-refractivity contribution in [2.24, 2.45) is 0 Å². The van der Waals surface area contributed by atoms with E-state index in [1.165, 1.54) is 10.5 Å². The third-order valence-corrected chi connectivity index (χ3v) is 6.21. The Morgan fingerprint density at radius 1 is 1.06 bits per heavy atom. The fourth-order valence-electron chi connectivity index (χ4n) is 4.52. The third-order valence-electron chi connectivity index (χ3n) is 6.21. The van der Waals surface area contributed by atoms with Gasteiger partial charge in [-0.2, -0.15) is 0 Å². The van der Waals surface area contributed by atoms with Crippen molar-refractivity contribution in [3.05, 3.63) is 94.9 Å². The molecule has 0 bridgehead atoms. The molecule has 4 amide bonds. The van der Waals surface area contributed by atoms with E-state index in [1.807, 2.05) is 24.3 Å². The van der Waals surface area contributed by atoms with Crippen LogP contribution in [0.3, 0.4) is 0 Å². The number of aryl methyl sites for hydroxylation is 1. The second kappa shape index (κ2) is 8.00. The molecule has 7 nitrogen and oxygen atoms in total. The van der Waals surface area contributed by atoms with Gasteiger partial charge in [0.25, 0.3) is 11.8 Å². The normalized spacial score (nSPS) is 19.7. The van der Waals surface area contributed by atoms with E-state index in [-0.39, 0.29) is 30.9 Å². The van der Waals surface area contributed by atoms with Crippen LogP contribution in [0.5, 0.6) is 0 Å². The number of urea groups is 1. The molecule has 1 atom stereocenters. The van der Waals surface area contributed by atoms with Crippen molar-refractivity contribution in [1.29, 1.82) is 0 Å². The van der Waals surface area contributed by atoms with Crippen molar-refractivity contribution in [3.8, 4) is 0 Å². The molecule has 2 N–H and O–H groups in total. The Kier molecular flexibility index (Phi) is 5.01. The lowest BCUT2D eigenvalue weighted by atomic mass is 9.78. The quantitative estimate of drug-likeness (QED) is 0.610. The average Bonchev–Trinajstić information content (AvgIpc) is 3.41. The number of carbonyl (C=O) groups excluding carboxylic acids is 3. The van der Waals surface area contributed by atoms with Crippen molar-refractivity contribution < 1.29 is 18.8 Å². The summed E-state index contributed by atoms with van der Waals surface area (Å²) in [6.45, 7) is 0.403. The van der Waals surface area contributed by atoms with Gasteiger partial charge in [0.15, 0.2) is 0 Å². The van der Waals surface area contributed by atoms with Gasteiger partial charge in [-0.1, -0.05) is 36.4 Å². The van der Waals surface area contributed by atoms with Crippen molar-refractivity contribution in [1.82, 2.24) is 15.5 Å². The summed E-state index contributed by atoms with van der Waals surface area (Å²) in [7, 11) is 0. The van der Waals surface area contributed by atoms with E-state index in [2.05, 4.69) is 16.7 Å². The SMILES string of the molecule is O=C(NCc1ccco1)c1cccc(CN2C(=O)NC3(CCc4ccccc4C3)C2=O)c1. The fourth-order valence-corrected chi connectivity index (χ4v) is 4.52. The van der Waals surface area contributed by atoms with Crippen LogP contribution >= 0.6 is 0 Å². The summed E-state index contributed by atoms with van der Waals surface area (Å²) >= 11 is 0. The molecule has 1 aromatic heterocycles. The molecular weight excluding hydrogens is 406 g/mol. The Morgan fingerprint density at radius 2 is 1.91 bits per heavy atom. The molecule has 1 saturated heterocycles. The molecule has 0 radical (unpaired) electrons. The van der Waals surface area contributed by atoms with E-state index in [0.29, 0.717) is 29.7 Å². The van der Waals surface area contributed by atoms with Crippen molar-refractivity contribution in [2.75, 3.05) is 0 Å². The summed E-state index contributed by atoms with van der Waals surface area (Å²) in [6.07, 6.45) is 3.39. The minimum absolute atomic E-state index is 0.118. The molecule has 3 aromatic rings. The van der Waals surface area contributed by atoms with E-state index in [4.69, 9.17) is 4.42 Å². The predicted molar refractivity (Wildman–Crippen MR) is 117 cm³/mol. The first-order valence-electron chi connectivity index (χ1n) is 10.6. The number of fused-ring (bicyclic) bond motifs is 1. The van der Waals surface area contributed by atoms with Crippen LogP contribution in [-0.2, 0) is 30.7 Å². The molecule has 1 aliphatic heterocycles. The minimum Gasteiger partial charge on any atom is -0.467 e. The van der Waals surface area contributed by atoms with Gasteiger partial charge in [0, 0.05) is 12.0 Å². The lowest BCUT2D eigenvalue weighted by molar-refractivity contribution is -0.132. The summed E-state index contributed by atoms with van der Waals surface area (Å²) in [5.41, 5.74) is 2.62. The van der Waals surface area contributed by atoms with E-state index < -0.39 is 5.54 Å². The largest absolute Gasteiger partial charge is 0.467 e. The van der Waals surface area contributed by atoms with Crippen LogP contribution in [-0.4, -0.2) is 28.3 Å². The van der Waals surface area contributed by atoms with Gasteiger partial charge >= 0.3 is 6.03 Å². The number of furan rings is 1. The van der Waals surface area contributed by atoms with E-state index in [1.54, 1.807) is 36.6 Å². The number of imide groups is 1. The number of benzene rings is 2. The molecule has 5 rings (SSSR count). The zero-order valence-electron chi connectivity index (χ0n) is 17.5. The van der Waals surface area contributed by atoms with Gasteiger partial charge in [0.05, 0.1) is 19.4 Å². The van der Waals surface area contributed by atoms with E-state index >= 15 is 0 Å². The van der Waals surface area contributed by atoms with Gasteiger partial charge < -0.3 is 15.1 Å². The Hall–Kier alpha value is -3.87. The first kappa shape index (κ1) is 20.1. The van der Waals surface area contributed by atoms with Gasteiger partial charge in [0.2, 0.25) is 0 Å². The van der Waals surface area contributed by atoms with Gasteiger partial charge in [-0.25, -0.2) is 4.79 Å². The molecule has 1 spiro atoms. The van der Waals surface area contributed by atoms with Gasteiger partial charge in [-0.05, 0) is 53.8 Å². The highest BCUT2D eigenvalue weighted by atomic mass is 16.3. The van der Waals surface area contributed by atoms with Gasteiger partial charge in [0.1, 0.15) is 11.3 Å².